The van der Waals surface area contributed by atoms with Gasteiger partial charge in [0.15, 0.2) is 0 Å². The third-order valence-corrected chi connectivity index (χ3v) is 1.81. The monoisotopic (exact) mass is 221 g/mol. The molecule has 3 N–H and O–H groups in total. The molecule has 0 atom stereocenters. The summed E-state index contributed by atoms with van der Waals surface area (Å²) in [4.78, 5) is 10.3. The lowest BCUT2D eigenvalue weighted by Gasteiger charge is -2.12. The van der Waals surface area contributed by atoms with Crippen molar-refractivity contribution in [2.45, 2.75) is 20.0 Å². The van der Waals surface area contributed by atoms with Gasteiger partial charge >= 0.3 is 5.97 Å². The van der Waals surface area contributed by atoms with Gasteiger partial charge in [0.2, 0.25) is 0 Å². The number of carbonyl (C=O) groups is 1. The van der Waals surface area contributed by atoms with Gasteiger partial charge in [0.05, 0.1) is 11.8 Å². The molecule has 4 heteroatoms. The van der Waals surface area contributed by atoms with Crippen LogP contribution in [0.3, 0.4) is 0 Å². The number of carboxylic acid groups (broad SMARTS) is 1. The second-order valence-corrected chi connectivity index (χ2v) is 3.64. The quantitative estimate of drug-likeness (QED) is 0.603. The fraction of sp³-hybridized carbons (Fsp3) is 0.250. The number of nitrogens with two attached hydrogens (primary N) is 1. The van der Waals surface area contributed by atoms with Crippen molar-refractivity contribution in [2.75, 3.05) is 5.73 Å². The van der Waals surface area contributed by atoms with E-state index in [-0.39, 0.29) is 6.10 Å². The van der Waals surface area contributed by atoms with Gasteiger partial charge in [0, 0.05) is 6.08 Å². The molecule has 0 heterocycles. The molecule has 0 aliphatic heterocycles. The Bertz CT molecular complexity index is 411. The first-order chi connectivity index (χ1) is 7.49. The van der Waals surface area contributed by atoms with Crippen LogP contribution in [0.25, 0.3) is 6.08 Å². The first-order valence-electron chi connectivity index (χ1n) is 4.96. The standard InChI is InChI=1S/C12H15NO3/c1-8(2)16-11-5-3-9(7-10(11)13)4-6-12(14)15/h3-8H,13H2,1-2H3,(H,14,15)/b6-4-. The molecule has 1 rings (SSSR count). The highest BCUT2D eigenvalue weighted by molar-refractivity contribution is 5.85. The van der Waals surface area contributed by atoms with E-state index in [9.17, 15) is 4.79 Å². The molecule has 86 valence electrons. The molecule has 16 heavy (non-hydrogen) atoms. The maximum Gasteiger partial charge on any atom is 0.328 e. The average Bonchev–Trinajstić information content (AvgIpc) is 2.18. The van der Waals surface area contributed by atoms with Gasteiger partial charge < -0.3 is 15.6 Å². The van der Waals surface area contributed by atoms with Crippen LogP contribution in [0.5, 0.6) is 5.75 Å². The molecule has 4 nitrogen and oxygen atoms in total. The number of aliphatic carboxylic acids is 1. The highest BCUT2D eigenvalue weighted by Gasteiger charge is 2.02. The summed E-state index contributed by atoms with van der Waals surface area (Å²) in [6, 6.07) is 5.17. The van der Waals surface area contributed by atoms with Gasteiger partial charge in [-0.05, 0) is 37.6 Å². The van der Waals surface area contributed by atoms with Gasteiger partial charge in [-0.1, -0.05) is 6.07 Å². The fourth-order valence-corrected chi connectivity index (χ4v) is 1.20. The minimum atomic E-state index is -0.985. The Morgan fingerprint density at radius 1 is 1.50 bits per heavy atom. The Morgan fingerprint density at radius 3 is 2.69 bits per heavy atom. The van der Waals surface area contributed by atoms with Gasteiger partial charge in [-0.3, -0.25) is 0 Å². The Balaban J connectivity index is 2.86. The predicted octanol–water partition coefficient (Wildman–Crippen LogP) is 2.15. The largest absolute Gasteiger partial charge is 0.489 e. The molecule has 0 bridgehead atoms. The first kappa shape index (κ1) is 12.1. The molecule has 0 unspecified atom stereocenters. The first-order valence-corrected chi connectivity index (χ1v) is 4.96. The maximum atomic E-state index is 10.3. The van der Waals surface area contributed by atoms with Crippen molar-refractivity contribution in [2.24, 2.45) is 0 Å². The lowest BCUT2D eigenvalue weighted by molar-refractivity contribution is -0.131. The van der Waals surface area contributed by atoms with Crippen molar-refractivity contribution in [3.8, 4) is 5.75 Å². The summed E-state index contributed by atoms with van der Waals surface area (Å²) in [6.07, 6.45) is 2.61. The number of hydrogen-bond acceptors (Lipinski definition) is 3. The summed E-state index contributed by atoms with van der Waals surface area (Å²) in [5.74, 6) is -0.372. The number of ether oxygens (including phenoxy) is 1. The van der Waals surface area contributed by atoms with Crippen LogP contribution < -0.4 is 10.5 Å². The number of nitrogen functional groups attached to an aromatic ring is 1. The SMILES string of the molecule is CC(C)Oc1ccc(/C=C\C(=O)O)cc1N. The van der Waals surface area contributed by atoms with Crippen LogP contribution in [0, 0.1) is 0 Å². The zero-order chi connectivity index (χ0) is 12.1. The summed E-state index contributed by atoms with van der Waals surface area (Å²) in [5, 5.41) is 8.47. The highest BCUT2D eigenvalue weighted by atomic mass is 16.5. The van der Waals surface area contributed by atoms with Crippen molar-refractivity contribution in [3.63, 3.8) is 0 Å². The summed E-state index contributed by atoms with van der Waals surface area (Å²) in [7, 11) is 0. The molecule has 1 aromatic rings. The van der Waals surface area contributed by atoms with Crippen LogP contribution in [0.2, 0.25) is 0 Å². The Kier molecular flexibility index (Phi) is 3.94. The fourth-order valence-electron chi connectivity index (χ4n) is 1.20. The molecular formula is C12H15NO3. The van der Waals surface area contributed by atoms with Crippen LogP contribution in [-0.2, 0) is 4.79 Å². The molecule has 0 aliphatic rings. The van der Waals surface area contributed by atoms with E-state index in [1.165, 1.54) is 6.08 Å². The molecule has 0 saturated carbocycles. The van der Waals surface area contributed by atoms with Crippen LogP contribution >= 0.6 is 0 Å². The van der Waals surface area contributed by atoms with E-state index in [0.29, 0.717) is 11.4 Å². The summed E-state index contributed by atoms with van der Waals surface area (Å²) >= 11 is 0. The normalized spacial score (nSPS) is 10.9. The Labute approximate surface area is 94.3 Å². The Morgan fingerprint density at radius 2 is 2.19 bits per heavy atom. The van der Waals surface area contributed by atoms with Crippen molar-refractivity contribution >= 4 is 17.7 Å². The van der Waals surface area contributed by atoms with E-state index in [1.807, 2.05) is 13.8 Å². The van der Waals surface area contributed by atoms with Gasteiger partial charge in [0.1, 0.15) is 5.75 Å². The van der Waals surface area contributed by atoms with E-state index >= 15 is 0 Å². The van der Waals surface area contributed by atoms with Gasteiger partial charge in [-0.15, -0.1) is 0 Å². The van der Waals surface area contributed by atoms with Crippen LogP contribution in [0.1, 0.15) is 19.4 Å². The number of hydrogen-bond donors (Lipinski definition) is 2. The van der Waals surface area contributed by atoms with E-state index < -0.39 is 5.97 Å². The van der Waals surface area contributed by atoms with Crippen molar-refractivity contribution in [3.05, 3.63) is 29.8 Å². The van der Waals surface area contributed by atoms with Gasteiger partial charge in [-0.2, -0.15) is 0 Å². The van der Waals surface area contributed by atoms with E-state index in [4.69, 9.17) is 15.6 Å². The summed E-state index contributed by atoms with van der Waals surface area (Å²) in [5.41, 5.74) is 7.00. The minimum Gasteiger partial charge on any atom is -0.489 e. The lowest BCUT2D eigenvalue weighted by Crippen LogP contribution is -2.07. The van der Waals surface area contributed by atoms with Crippen molar-refractivity contribution < 1.29 is 14.6 Å². The third kappa shape index (κ3) is 3.65. The number of rotatable bonds is 4. The predicted molar refractivity (Wildman–Crippen MR) is 63.3 cm³/mol. The smallest absolute Gasteiger partial charge is 0.328 e. The summed E-state index contributed by atoms with van der Waals surface area (Å²) < 4.78 is 5.46. The minimum absolute atomic E-state index is 0.0581. The van der Waals surface area contributed by atoms with Gasteiger partial charge in [0.25, 0.3) is 0 Å². The van der Waals surface area contributed by atoms with Crippen molar-refractivity contribution in [1.29, 1.82) is 0 Å². The molecule has 0 amide bonds. The summed E-state index contributed by atoms with van der Waals surface area (Å²) in [6.45, 7) is 3.83. The number of anilines is 1. The third-order valence-electron chi connectivity index (χ3n) is 1.81. The molecule has 0 spiro atoms. The maximum absolute atomic E-state index is 10.3. The average molecular weight is 221 g/mol. The van der Waals surface area contributed by atoms with E-state index in [0.717, 1.165) is 11.6 Å². The molecule has 0 fully saturated rings. The molecule has 0 saturated heterocycles. The second-order valence-electron chi connectivity index (χ2n) is 3.64. The zero-order valence-corrected chi connectivity index (χ0v) is 9.31. The van der Waals surface area contributed by atoms with Crippen LogP contribution in [-0.4, -0.2) is 17.2 Å². The van der Waals surface area contributed by atoms with E-state index in [2.05, 4.69) is 0 Å². The molecule has 1 aromatic carbocycles. The molecule has 0 radical (unpaired) electrons. The van der Waals surface area contributed by atoms with Crippen LogP contribution in [0.15, 0.2) is 24.3 Å². The molecule has 0 aliphatic carbocycles. The van der Waals surface area contributed by atoms with E-state index in [1.54, 1.807) is 18.2 Å². The topological polar surface area (TPSA) is 72.5 Å². The Hall–Kier alpha value is -1.97. The lowest BCUT2D eigenvalue weighted by atomic mass is 10.1. The highest BCUT2D eigenvalue weighted by Crippen LogP contribution is 2.24. The number of carboxylic acids is 1. The second kappa shape index (κ2) is 5.21. The molecule has 0 aromatic heterocycles. The zero-order valence-electron chi connectivity index (χ0n) is 9.31. The van der Waals surface area contributed by atoms with Gasteiger partial charge in [-0.25, -0.2) is 4.79 Å². The van der Waals surface area contributed by atoms with Crippen LogP contribution in [0.4, 0.5) is 5.69 Å². The molecular weight excluding hydrogens is 206 g/mol. The number of benzene rings is 1. The van der Waals surface area contributed by atoms with Crippen molar-refractivity contribution in [1.82, 2.24) is 0 Å².